The summed E-state index contributed by atoms with van der Waals surface area (Å²) < 4.78 is 11.1. The number of aromatic nitrogens is 3. The standard InChI is InChI=1S/C23H22N4O3/c1-2-11-27-19-12-15(7-9-20(19)29-14-22(27)28)23-25-21(30-26-23)10-8-16-13-24-18-6-4-3-5-17(16)18/h3-7,9,12-13,24H,2,8,10-11,14H2,1H3. The number of para-hydroxylation sites is 1. The van der Waals surface area contributed by atoms with Crippen LogP contribution >= 0.6 is 0 Å². The Labute approximate surface area is 173 Å². The molecule has 0 atom stereocenters. The first-order chi connectivity index (χ1) is 14.7. The molecule has 0 unspecified atom stereocenters. The van der Waals surface area contributed by atoms with E-state index in [-0.39, 0.29) is 12.5 Å². The summed E-state index contributed by atoms with van der Waals surface area (Å²) in [7, 11) is 0. The van der Waals surface area contributed by atoms with E-state index in [1.54, 1.807) is 4.90 Å². The number of amides is 1. The summed E-state index contributed by atoms with van der Waals surface area (Å²) in [5, 5.41) is 5.36. The van der Waals surface area contributed by atoms with Gasteiger partial charge in [-0.1, -0.05) is 30.3 Å². The number of aromatic amines is 1. The van der Waals surface area contributed by atoms with Crippen LogP contribution < -0.4 is 9.64 Å². The molecule has 1 N–H and O–H groups in total. The second-order valence-corrected chi connectivity index (χ2v) is 7.39. The van der Waals surface area contributed by atoms with Crippen LogP contribution in [-0.2, 0) is 17.6 Å². The zero-order valence-electron chi connectivity index (χ0n) is 16.7. The molecule has 7 nitrogen and oxygen atoms in total. The minimum absolute atomic E-state index is 0.0333. The van der Waals surface area contributed by atoms with Gasteiger partial charge in [-0.05, 0) is 42.7 Å². The van der Waals surface area contributed by atoms with Crippen molar-refractivity contribution in [3.05, 3.63) is 60.1 Å². The van der Waals surface area contributed by atoms with Crippen LogP contribution in [0.4, 0.5) is 5.69 Å². The number of H-pyrrole nitrogens is 1. The third-order valence-electron chi connectivity index (χ3n) is 5.36. The molecule has 2 aromatic heterocycles. The Morgan fingerprint density at radius 2 is 2.07 bits per heavy atom. The largest absolute Gasteiger partial charge is 0.482 e. The van der Waals surface area contributed by atoms with Crippen LogP contribution in [0.1, 0.15) is 24.8 Å². The monoisotopic (exact) mass is 402 g/mol. The molecule has 0 aliphatic carbocycles. The van der Waals surface area contributed by atoms with Crippen LogP contribution in [0.3, 0.4) is 0 Å². The van der Waals surface area contributed by atoms with Crippen molar-refractivity contribution in [2.75, 3.05) is 18.1 Å². The lowest BCUT2D eigenvalue weighted by Gasteiger charge is -2.29. The van der Waals surface area contributed by atoms with Crippen molar-refractivity contribution in [1.82, 2.24) is 15.1 Å². The first-order valence-electron chi connectivity index (χ1n) is 10.2. The molecule has 1 aliphatic heterocycles. The normalized spacial score (nSPS) is 13.5. The van der Waals surface area contributed by atoms with Gasteiger partial charge in [0.05, 0.1) is 5.69 Å². The maximum atomic E-state index is 12.2. The minimum Gasteiger partial charge on any atom is -0.482 e. The van der Waals surface area contributed by atoms with Gasteiger partial charge >= 0.3 is 0 Å². The van der Waals surface area contributed by atoms with Crippen molar-refractivity contribution >= 4 is 22.5 Å². The third kappa shape index (κ3) is 3.32. The predicted molar refractivity (Wildman–Crippen MR) is 114 cm³/mol. The lowest BCUT2D eigenvalue weighted by atomic mass is 10.1. The number of hydrogen-bond donors (Lipinski definition) is 1. The Balaban J connectivity index is 1.36. The summed E-state index contributed by atoms with van der Waals surface area (Å²) in [6.45, 7) is 2.78. The molecule has 30 heavy (non-hydrogen) atoms. The Bertz CT molecular complexity index is 1210. The number of carbonyl (C=O) groups excluding carboxylic acids is 1. The molecule has 0 fully saturated rings. The second kappa shape index (κ2) is 7.67. The van der Waals surface area contributed by atoms with Crippen LogP contribution in [0.25, 0.3) is 22.3 Å². The molecule has 2 aromatic carbocycles. The van der Waals surface area contributed by atoms with E-state index in [2.05, 4.69) is 27.3 Å². The van der Waals surface area contributed by atoms with E-state index in [1.165, 1.54) is 10.9 Å². The highest BCUT2D eigenvalue weighted by atomic mass is 16.5. The molecule has 0 saturated heterocycles. The van der Waals surface area contributed by atoms with Crippen LogP contribution in [0.5, 0.6) is 5.75 Å². The van der Waals surface area contributed by atoms with Crippen molar-refractivity contribution in [3.8, 4) is 17.1 Å². The maximum Gasteiger partial charge on any atom is 0.265 e. The Morgan fingerprint density at radius 3 is 2.97 bits per heavy atom. The minimum atomic E-state index is -0.0333. The predicted octanol–water partition coefficient (Wildman–Crippen LogP) is 4.14. The van der Waals surface area contributed by atoms with Crippen LogP contribution in [0.2, 0.25) is 0 Å². The number of benzene rings is 2. The van der Waals surface area contributed by atoms with E-state index in [1.807, 2.05) is 43.5 Å². The summed E-state index contributed by atoms with van der Waals surface area (Å²) in [5.41, 5.74) is 3.91. The van der Waals surface area contributed by atoms with Gasteiger partial charge in [-0.25, -0.2) is 0 Å². The Morgan fingerprint density at radius 1 is 1.17 bits per heavy atom. The fourth-order valence-electron chi connectivity index (χ4n) is 3.86. The van der Waals surface area contributed by atoms with E-state index >= 15 is 0 Å². The molecule has 4 aromatic rings. The van der Waals surface area contributed by atoms with Gasteiger partial charge < -0.3 is 19.1 Å². The van der Waals surface area contributed by atoms with Crippen LogP contribution in [-0.4, -0.2) is 34.2 Å². The van der Waals surface area contributed by atoms with Crippen molar-refractivity contribution in [3.63, 3.8) is 0 Å². The fraction of sp³-hybridized carbons (Fsp3) is 0.261. The van der Waals surface area contributed by atoms with Crippen molar-refractivity contribution in [1.29, 1.82) is 0 Å². The van der Waals surface area contributed by atoms with E-state index in [9.17, 15) is 4.79 Å². The number of carbonyl (C=O) groups is 1. The van der Waals surface area contributed by atoms with Gasteiger partial charge in [0.1, 0.15) is 5.75 Å². The van der Waals surface area contributed by atoms with Gasteiger partial charge in [0.15, 0.2) is 6.61 Å². The summed E-state index contributed by atoms with van der Waals surface area (Å²) in [5.74, 6) is 1.77. The quantitative estimate of drug-likeness (QED) is 0.524. The average Bonchev–Trinajstić information content (AvgIpc) is 3.41. The fourth-order valence-corrected chi connectivity index (χ4v) is 3.86. The smallest absolute Gasteiger partial charge is 0.265 e. The number of nitrogens with zero attached hydrogens (tertiary/aromatic N) is 3. The van der Waals surface area contributed by atoms with Gasteiger partial charge in [0.25, 0.3) is 5.91 Å². The van der Waals surface area contributed by atoms with Gasteiger partial charge in [-0.15, -0.1) is 0 Å². The molecule has 1 amide bonds. The van der Waals surface area contributed by atoms with E-state index in [0.29, 0.717) is 30.4 Å². The zero-order chi connectivity index (χ0) is 20.5. The van der Waals surface area contributed by atoms with Crippen molar-refractivity contribution in [2.45, 2.75) is 26.2 Å². The molecular weight excluding hydrogens is 380 g/mol. The van der Waals surface area contributed by atoms with E-state index in [0.717, 1.165) is 29.6 Å². The van der Waals surface area contributed by atoms with Crippen molar-refractivity contribution in [2.24, 2.45) is 0 Å². The molecule has 0 saturated carbocycles. The summed E-state index contributed by atoms with van der Waals surface area (Å²) in [6, 6.07) is 13.9. The molecule has 3 heterocycles. The van der Waals surface area contributed by atoms with E-state index in [4.69, 9.17) is 9.26 Å². The summed E-state index contributed by atoms with van der Waals surface area (Å²) in [6.07, 6.45) is 4.37. The first kappa shape index (κ1) is 18.4. The average molecular weight is 402 g/mol. The third-order valence-corrected chi connectivity index (χ3v) is 5.36. The molecule has 0 spiro atoms. The number of nitrogens with one attached hydrogen (secondary N) is 1. The molecule has 0 bridgehead atoms. The number of fused-ring (bicyclic) bond motifs is 2. The van der Waals surface area contributed by atoms with Crippen LogP contribution in [0.15, 0.2) is 53.2 Å². The topological polar surface area (TPSA) is 84.3 Å². The van der Waals surface area contributed by atoms with Crippen LogP contribution in [0, 0.1) is 0 Å². The molecule has 152 valence electrons. The van der Waals surface area contributed by atoms with Crippen molar-refractivity contribution < 1.29 is 14.1 Å². The first-order valence-corrected chi connectivity index (χ1v) is 10.2. The molecule has 5 rings (SSSR count). The summed E-state index contributed by atoms with van der Waals surface area (Å²) in [4.78, 5) is 21.9. The number of rotatable bonds is 6. The van der Waals surface area contributed by atoms with Gasteiger partial charge in [0, 0.05) is 35.6 Å². The highest BCUT2D eigenvalue weighted by Gasteiger charge is 2.25. The highest BCUT2D eigenvalue weighted by molar-refractivity contribution is 5.98. The molecule has 7 heteroatoms. The zero-order valence-corrected chi connectivity index (χ0v) is 16.7. The number of aryl methyl sites for hydroxylation is 2. The summed E-state index contributed by atoms with van der Waals surface area (Å²) >= 11 is 0. The van der Waals surface area contributed by atoms with Gasteiger partial charge in [-0.2, -0.15) is 4.98 Å². The lowest BCUT2D eigenvalue weighted by molar-refractivity contribution is -0.121. The maximum absolute atomic E-state index is 12.2. The molecule has 0 radical (unpaired) electrons. The van der Waals surface area contributed by atoms with Gasteiger partial charge in [-0.3, -0.25) is 4.79 Å². The highest BCUT2D eigenvalue weighted by Crippen LogP contribution is 2.35. The molecule has 1 aliphatic rings. The number of hydrogen-bond acceptors (Lipinski definition) is 5. The number of anilines is 1. The molecular formula is C23H22N4O3. The Kier molecular flexibility index (Phi) is 4.71. The lowest BCUT2D eigenvalue weighted by Crippen LogP contribution is -2.39. The SMILES string of the molecule is CCCN1C(=O)COc2ccc(-c3noc(CCc4c[nH]c5ccccc45)n3)cc21. The number of ether oxygens (including phenoxy) is 1. The van der Waals surface area contributed by atoms with E-state index < -0.39 is 0 Å². The van der Waals surface area contributed by atoms with Gasteiger partial charge in [0.2, 0.25) is 11.7 Å². The second-order valence-electron chi connectivity index (χ2n) is 7.39. The Hall–Kier alpha value is -3.61.